The molecule has 0 fully saturated rings. The van der Waals surface area contributed by atoms with Crippen molar-refractivity contribution in [1.82, 2.24) is 4.90 Å². The Labute approximate surface area is 95.3 Å². The summed E-state index contributed by atoms with van der Waals surface area (Å²) < 4.78 is 5.39. The summed E-state index contributed by atoms with van der Waals surface area (Å²) in [5.74, 6) is 0. The highest BCUT2D eigenvalue weighted by molar-refractivity contribution is 4.93. The van der Waals surface area contributed by atoms with Crippen molar-refractivity contribution < 1.29 is 4.74 Å². The first-order valence-electron chi connectivity index (χ1n) is 6.24. The molecule has 2 nitrogen and oxygen atoms in total. The van der Waals surface area contributed by atoms with Gasteiger partial charge in [0, 0.05) is 6.54 Å². The molecule has 0 atom stereocenters. The topological polar surface area (TPSA) is 12.5 Å². The number of rotatable bonds is 9. The molecule has 0 heterocycles. The zero-order valence-corrected chi connectivity index (χ0v) is 10.9. The van der Waals surface area contributed by atoms with Crippen LogP contribution in [0.5, 0.6) is 0 Å². The standard InChI is InChI=1S/C13H27NO/c1-5-9-14(7-3)10-8-13(4)12-15-11-6-2/h12H,5-11H2,1-4H3/b13-12+. The molecule has 0 bridgehead atoms. The molecule has 0 aliphatic carbocycles. The number of nitrogens with zero attached hydrogens (tertiary/aromatic N) is 1. The first-order chi connectivity index (χ1) is 7.24. The molecule has 90 valence electrons. The van der Waals surface area contributed by atoms with Crippen LogP contribution in [0, 0.1) is 0 Å². The van der Waals surface area contributed by atoms with E-state index < -0.39 is 0 Å². The van der Waals surface area contributed by atoms with Gasteiger partial charge in [-0.1, -0.05) is 20.8 Å². The van der Waals surface area contributed by atoms with Crippen LogP contribution in [0.2, 0.25) is 0 Å². The largest absolute Gasteiger partial charge is 0.501 e. The van der Waals surface area contributed by atoms with Crippen LogP contribution in [0.3, 0.4) is 0 Å². The maximum Gasteiger partial charge on any atom is 0.0870 e. The highest BCUT2D eigenvalue weighted by Crippen LogP contribution is 2.03. The molecule has 0 saturated carbocycles. The van der Waals surface area contributed by atoms with Crippen LogP contribution in [0.1, 0.15) is 47.0 Å². The average Bonchev–Trinajstić information content (AvgIpc) is 2.24. The summed E-state index contributed by atoms with van der Waals surface area (Å²) in [6.07, 6.45) is 5.37. The van der Waals surface area contributed by atoms with Gasteiger partial charge in [-0.15, -0.1) is 0 Å². The van der Waals surface area contributed by atoms with Crippen LogP contribution < -0.4 is 0 Å². The Balaban J connectivity index is 3.66. The van der Waals surface area contributed by atoms with E-state index in [4.69, 9.17) is 4.74 Å². The zero-order valence-electron chi connectivity index (χ0n) is 10.9. The van der Waals surface area contributed by atoms with Crippen molar-refractivity contribution in [1.29, 1.82) is 0 Å². The lowest BCUT2D eigenvalue weighted by Crippen LogP contribution is -2.25. The molecular formula is C13H27NO. The minimum absolute atomic E-state index is 0.837. The molecule has 0 aromatic carbocycles. The molecular weight excluding hydrogens is 186 g/mol. The molecule has 0 radical (unpaired) electrons. The summed E-state index contributed by atoms with van der Waals surface area (Å²) in [4.78, 5) is 2.48. The van der Waals surface area contributed by atoms with Gasteiger partial charge in [-0.05, 0) is 44.8 Å². The van der Waals surface area contributed by atoms with E-state index in [0.717, 1.165) is 32.5 Å². The maximum absolute atomic E-state index is 5.39. The molecule has 0 spiro atoms. The Morgan fingerprint density at radius 3 is 2.40 bits per heavy atom. The first-order valence-corrected chi connectivity index (χ1v) is 6.24. The lowest BCUT2D eigenvalue weighted by molar-refractivity contribution is 0.243. The van der Waals surface area contributed by atoms with Gasteiger partial charge >= 0.3 is 0 Å². The van der Waals surface area contributed by atoms with Gasteiger partial charge in [-0.25, -0.2) is 0 Å². The van der Waals surface area contributed by atoms with E-state index in [1.807, 2.05) is 6.26 Å². The second-order valence-electron chi connectivity index (χ2n) is 4.02. The zero-order chi connectivity index (χ0) is 11.5. The van der Waals surface area contributed by atoms with Gasteiger partial charge in [-0.2, -0.15) is 0 Å². The molecule has 0 N–H and O–H groups in total. The van der Waals surface area contributed by atoms with Crippen molar-refractivity contribution in [3.05, 3.63) is 11.8 Å². The van der Waals surface area contributed by atoms with E-state index in [1.54, 1.807) is 0 Å². The van der Waals surface area contributed by atoms with Crippen molar-refractivity contribution in [3.8, 4) is 0 Å². The summed E-state index contributed by atoms with van der Waals surface area (Å²) in [7, 11) is 0. The van der Waals surface area contributed by atoms with Gasteiger partial charge in [0.2, 0.25) is 0 Å². The summed E-state index contributed by atoms with van der Waals surface area (Å²) in [6, 6.07) is 0. The monoisotopic (exact) mass is 213 g/mol. The van der Waals surface area contributed by atoms with Gasteiger partial charge in [0.1, 0.15) is 0 Å². The average molecular weight is 213 g/mol. The predicted molar refractivity (Wildman–Crippen MR) is 67.0 cm³/mol. The molecule has 0 aromatic rings. The second kappa shape index (κ2) is 10.0. The Morgan fingerprint density at radius 1 is 1.13 bits per heavy atom. The van der Waals surface area contributed by atoms with E-state index in [1.165, 1.54) is 18.5 Å². The maximum atomic E-state index is 5.39. The fourth-order valence-corrected chi connectivity index (χ4v) is 1.46. The van der Waals surface area contributed by atoms with Crippen LogP contribution in [0.4, 0.5) is 0 Å². The molecule has 0 saturated heterocycles. The summed E-state index contributed by atoms with van der Waals surface area (Å²) in [5, 5.41) is 0. The van der Waals surface area contributed by atoms with Crippen LogP contribution in [-0.2, 0) is 4.74 Å². The Morgan fingerprint density at radius 2 is 1.87 bits per heavy atom. The SMILES string of the molecule is CCCO/C=C(\C)CCN(CC)CCC. The van der Waals surface area contributed by atoms with Crippen LogP contribution in [0.25, 0.3) is 0 Å². The highest BCUT2D eigenvalue weighted by Gasteiger charge is 2.00. The number of hydrogen-bond acceptors (Lipinski definition) is 2. The Kier molecular flexibility index (Phi) is 9.70. The van der Waals surface area contributed by atoms with Gasteiger partial charge in [0.15, 0.2) is 0 Å². The molecule has 0 unspecified atom stereocenters. The third-order valence-electron chi connectivity index (χ3n) is 2.42. The van der Waals surface area contributed by atoms with E-state index in [2.05, 4.69) is 32.6 Å². The van der Waals surface area contributed by atoms with Crippen molar-refractivity contribution in [2.75, 3.05) is 26.2 Å². The molecule has 0 aliphatic heterocycles. The van der Waals surface area contributed by atoms with Gasteiger partial charge < -0.3 is 9.64 Å². The fourth-order valence-electron chi connectivity index (χ4n) is 1.46. The molecule has 2 heteroatoms. The fraction of sp³-hybridized carbons (Fsp3) is 0.846. The quantitative estimate of drug-likeness (QED) is 0.430. The Hall–Kier alpha value is -0.500. The lowest BCUT2D eigenvalue weighted by Gasteiger charge is -2.19. The van der Waals surface area contributed by atoms with Crippen molar-refractivity contribution in [2.24, 2.45) is 0 Å². The summed E-state index contributed by atoms with van der Waals surface area (Å²) >= 11 is 0. The van der Waals surface area contributed by atoms with Crippen LogP contribution in [0.15, 0.2) is 11.8 Å². The minimum Gasteiger partial charge on any atom is -0.501 e. The number of hydrogen-bond donors (Lipinski definition) is 0. The third-order valence-corrected chi connectivity index (χ3v) is 2.42. The lowest BCUT2D eigenvalue weighted by atomic mass is 10.2. The van der Waals surface area contributed by atoms with Gasteiger partial charge in [0.25, 0.3) is 0 Å². The van der Waals surface area contributed by atoms with Crippen LogP contribution in [-0.4, -0.2) is 31.1 Å². The molecule has 0 aromatic heterocycles. The third kappa shape index (κ3) is 8.49. The van der Waals surface area contributed by atoms with E-state index in [-0.39, 0.29) is 0 Å². The number of ether oxygens (including phenoxy) is 1. The normalized spacial score (nSPS) is 12.2. The molecule has 0 rings (SSSR count). The van der Waals surface area contributed by atoms with Crippen molar-refractivity contribution >= 4 is 0 Å². The van der Waals surface area contributed by atoms with Crippen molar-refractivity contribution in [2.45, 2.75) is 47.0 Å². The van der Waals surface area contributed by atoms with Gasteiger partial charge in [0.05, 0.1) is 12.9 Å². The van der Waals surface area contributed by atoms with E-state index in [0.29, 0.717) is 0 Å². The summed E-state index contributed by atoms with van der Waals surface area (Å²) in [6.45, 7) is 13.1. The molecule has 0 amide bonds. The van der Waals surface area contributed by atoms with Crippen LogP contribution >= 0.6 is 0 Å². The first kappa shape index (κ1) is 14.5. The van der Waals surface area contributed by atoms with Gasteiger partial charge in [-0.3, -0.25) is 0 Å². The minimum atomic E-state index is 0.837. The second-order valence-corrected chi connectivity index (χ2v) is 4.02. The summed E-state index contributed by atoms with van der Waals surface area (Å²) in [5.41, 5.74) is 1.35. The highest BCUT2D eigenvalue weighted by atomic mass is 16.5. The van der Waals surface area contributed by atoms with E-state index in [9.17, 15) is 0 Å². The smallest absolute Gasteiger partial charge is 0.0870 e. The molecule has 0 aliphatic rings. The van der Waals surface area contributed by atoms with Crippen molar-refractivity contribution in [3.63, 3.8) is 0 Å². The molecule has 15 heavy (non-hydrogen) atoms. The van der Waals surface area contributed by atoms with E-state index >= 15 is 0 Å². The predicted octanol–water partition coefficient (Wildman–Crippen LogP) is 3.44. The Bertz CT molecular complexity index is 166.